The maximum atomic E-state index is 14.1. The number of hydrogen-bond acceptors (Lipinski definition) is 7. The topological polar surface area (TPSA) is 125 Å². The number of alkyl halides is 1. The molecule has 0 spiro atoms. The molecule has 0 saturated carbocycles. The predicted molar refractivity (Wildman–Crippen MR) is 120 cm³/mol. The van der Waals surface area contributed by atoms with Gasteiger partial charge in [0.15, 0.2) is 5.65 Å². The van der Waals surface area contributed by atoms with E-state index in [-0.39, 0.29) is 18.7 Å². The molecule has 0 fully saturated rings. The van der Waals surface area contributed by atoms with Gasteiger partial charge in [-0.3, -0.25) is 9.78 Å². The van der Waals surface area contributed by atoms with Crippen LogP contribution in [-0.4, -0.2) is 66.7 Å². The Bertz CT molecular complexity index is 1100. The molecule has 4 N–H and O–H groups in total. The second kappa shape index (κ2) is 9.76. The van der Waals surface area contributed by atoms with Crippen LogP contribution in [0.1, 0.15) is 37.6 Å². The molecule has 0 aliphatic heterocycles. The molecule has 0 bridgehead atoms. The van der Waals surface area contributed by atoms with Crippen molar-refractivity contribution in [2.75, 3.05) is 18.4 Å². The number of fused-ring (bicyclic) bond motifs is 1. The third-order valence-corrected chi connectivity index (χ3v) is 5.15. The molecule has 172 valence electrons. The summed E-state index contributed by atoms with van der Waals surface area (Å²) in [5.41, 5.74) is 0.656. The molecule has 32 heavy (non-hydrogen) atoms. The lowest BCUT2D eigenvalue weighted by Gasteiger charge is -2.22. The number of rotatable bonds is 9. The fourth-order valence-electron chi connectivity index (χ4n) is 2.86. The fourth-order valence-corrected chi connectivity index (χ4v) is 3.00. The van der Waals surface area contributed by atoms with Crippen LogP contribution in [0.4, 0.5) is 10.1 Å². The van der Waals surface area contributed by atoms with Gasteiger partial charge < -0.3 is 20.8 Å². The van der Waals surface area contributed by atoms with E-state index >= 15 is 0 Å². The molecule has 0 radical (unpaired) electrons. The van der Waals surface area contributed by atoms with Crippen molar-refractivity contribution >= 4 is 28.8 Å². The Morgan fingerprint density at radius 3 is 2.72 bits per heavy atom. The van der Waals surface area contributed by atoms with Crippen molar-refractivity contribution in [3.05, 3.63) is 41.4 Å². The molecule has 0 saturated heterocycles. The van der Waals surface area contributed by atoms with E-state index in [9.17, 15) is 19.4 Å². The van der Waals surface area contributed by atoms with E-state index in [2.05, 4.69) is 25.7 Å². The Balaban J connectivity index is 1.92. The number of hydrogen-bond donors (Lipinski definition) is 4. The molecule has 2 atom stereocenters. The van der Waals surface area contributed by atoms with E-state index in [1.54, 1.807) is 18.5 Å². The third-order valence-electron chi connectivity index (χ3n) is 4.96. The monoisotopic (exact) mass is 464 g/mol. The minimum atomic E-state index is -1.64. The quantitative estimate of drug-likeness (QED) is 0.383. The van der Waals surface area contributed by atoms with Crippen molar-refractivity contribution in [1.29, 1.82) is 0 Å². The lowest BCUT2D eigenvalue weighted by atomic mass is 10.0. The maximum absolute atomic E-state index is 14.1. The molecule has 0 aliphatic carbocycles. The zero-order chi connectivity index (χ0) is 23.5. The Morgan fingerprint density at radius 2 is 2.03 bits per heavy atom. The number of anilines is 1. The first kappa shape index (κ1) is 23.8. The van der Waals surface area contributed by atoms with Gasteiger partial charge in [0.1, 0.15) is 6.17 Å². The first-order valence-corrected chi connectivity index (χ1v) is 10.5. The molecule has 9 nitrogen and oxygen atoms in total. The highest BCUT2D eigenvalue weighted by atomic mass is 35.5. The van der Waals surface area contributed by atoms with E-state index in [0.717, 1.165) is 0 Å². The highest BCUT2D eigenvalue weighted by molar-refractivity contribution is 6.30. The lowest BCUT2D eigenvalue weighted by molar-refractivity contribution is -0.00177. The smallest absolute Gasteiger partial charge is 0.255 e. The number of pyridine rings is 1. The van der Waals surface area contributed by atoms with Gasteiger partial charge in [-0.25, -0.2) is 13.9 Å². The standard InChI is InChI=1S/C21H26ClFN6O3/c1-4-13(30)7-24-17-5-16(14-9-28-29-11-12(22)6-26-19(14)29)25-8-15(17)20(31)27-10-18(23)21(2,3)32/h5-6,8-9,11,13,18,30,32H,4,7,10H2,1-3H3,(H,24,25)(H,27,31). The Hall–Kier alpha value is -2.82. The van der Waals surface area contributed by atoms with Crippen molar-refractivity contribution in [3.63, 3.8) is 0 Å². The third kappa shape index (κ3) is 5.50. The van der Waals surface area contributed by atoms with Gasteiger partial charge in [-0.2, -0.15) is 5.10 Å². The second-order valence-corrected chi connectivity index (χ2v) is 8.42. The SMILES string of the molecule is CCC(O)CNc1cc(-c2cnn3cc(Cl)cnc23)ncc1C(=O)NCC(F)C(C)(C)O. The molecular formula is C21H26ClFN6O3. The number of aliphatic hydroxyl groups excluding tert-OH is 1. The fraction of sp³-hybridized carbons (Fsp3) is 0.429. The summed E-state index contributed by atoms with van der Waals surface area (Å²) >= 11 is 5.96. The van der Waals surface area contributed by atoms with Gasteiger partial charge in [-0.1, -0.05) is 18.5 Å². The summed E-state index contributed by atoms with van der Waals surface area (Å²) in [6, 6.07) is 1.65. The molecule has 2 unspecified atom stereocenters. The first-order valence-electron chi connectivity index (χ1n) is 10.2. The molecule has 3 rings (SSSR count). The van der Waals surface area contributed by atoms with Gasteiger partial charge >= 0.3 is 0 Å². The van der Waals surface area contributed by atoms with Crippen LogP contribution in [0, 0.1) is 0 Å². The van der Waals surface area contributed by atoms with E-state index in [4.69, 9.17) is 11.6 Å². The first-order chi connectivity index (χ1) is 15.1. The number of aromatic nitrogens is 4. The van der Waals surface area contributed by atoms with Crippen molar-refractivity contribution < 1.29 is 19.4 Å². The normalized spacial score (nSPS) is 13.7. The minimum absolute atomic E-state index is 0.174. The molecule has 3 aromatic heterocycles. The average Bonchev–Trinajstić information content (AvgIpc) is 3.17. The van der Waals surface area contributed by atoms with Crippen molar-refractivity contribution in [1.82, 2.24) is 24.9 Å². The Morgan fingerprint density at radius 1 is 1.28 bits per heavy atom. The molecule has 0 aromatic carbocycles. The highest BCUT2D eigenvalue weighted by Crippen LogP contribution is 2.27. The van der Waals surface area contributed by atoms with E-state index in [1.807, 2.05) is 6.92 Å². The number of amides is 1. The van der Waals surface area contributed by atoms with Crippen LogP contribution >= 0.6 is 11.6 Å². The van der Waals surface area contributed by atoms with Crippen LogP contribution in [0.2, 0.25) is 5.02 Å². The van der Waals surface area contributed by atoms with Crippen LogP contribution in [-0.2, 0) is 0 Å². The number of nitrogens with zero attached hydrogens (tertiary/aromatic N) is 4. The van der Waals surface area contributed by atoms with Crippen molar-refractivity contribution in [2.45, 2.75) is 45.1 Å². The van der Waals surface area contributed by atoms with Gasteiger partial charge in [0.2, 0.25) is 0 Å². The molecule has 11 heteroatoms. The minimum Gasteiger partial charge on any atom is -0.391 e. The van der Waals surface area contributed by atoms with Crippen LogP contribution in [0.5, 0.6) is 0 Å². The summed E-state index contributed by atoms with van der Waals surface area (Å²) in [5.74, 6) is -0.561. The van der Waals surface area contributed by atoms with E-state index in [1.165, 1.54) is 30.8 Å². The maximum Gasteiger partial charge on any atom is 0.255 e. The zero-order valence-electron chi connectivity index (χ0n) is 18.0. The largest absolute Gasteiger partial charge is 0.391 e. The van der Waals surface area contributed by atoms with Crippen molar-refractivity contribution in [3.8, 4) is 11.3 Å². The lowest BCUT2D eigenvalue weighted by Crippen LogP contribution is -2.42. The Labute approximate surface area is 189 Å². The number of carbonyl (C=O) groups is 1. The summed E-state index contributed by atoms with van der Waals surface area (Å²) in [4.78, 5) is 21.4. The second-order valence-electron chi connectivity index (χ2n) is 7.99. The van der Waals surface area contributed by atoms with Crippen LogP contribution in [0.3, 0.4) is 0 Å². The molecule has 3 heterocycles. The van der Waals surface area contributed by atoms with Crippen LogP contribution < -0.4 is 10.6 Å². The van der Waals surface area contributed by atoms with Crippen LogP contribution in [0.25, 0.3) is 16.9 Å². The van der Waals surface area contributed by atoms with Gasteiger partial charge in [0, 0.05) is 18.9 Å². The van der Waals surface area contributed by atoms with Gasteiger partial charge in [0.05, 0.1) is 58.2 Å². The summed E-state index contributed by atoms with van der Waals surface area (Å²) in [6.07, 6.45) is 4.33. The summed E-state index contributed by atoms with van der Waals surface area (Å²) < 4.78 is 15.6. The summed E-state index contributed by atoms with van der Waals surface area (Å²) in [6.45, 7) is 4.34. The highest BCUT2D eigenvalue weighted by Gasteiger charge is 2.27. The van der Waals surface area contributed by atoms with E-state index in [0.29, 0.717) is 34.0 Å². The number of nitrogens with one attached hydrogen (secondary N) is 2. The summed E-state index contributed by atoms with van der Waals surface area (Å²) in [7, 11) is 0. The molecule has 3 aromatic rings. The van der Waals surface area contributed by atoms with E-state index < -0.39 is 23.8 Å². The van der Waals surface area contributed by atoms with Crippen molar-refractivity contribution in [2.24, 2.45) is 0 Å². The molecular weight excluding hydrogens is 439 g/mol. The predicted octanol–water partition coefficient (Wildman–Crippen LogP) is 2.47. The number of carbonyl (C=O) groups excluding carboxylic acids is 1. The zero-order valence-corrected chi connectivity index (χ0v) is 18.8. The number of aliphatic hydroxyl groups is 2. The van der Waals surface area contributed by atoms with Gasteiger partial charge in [-0.15, -0.1) is 0 Å². The number of halogens is 2. The average molecular weight is 465 g/mol. The summed E-state index contributed by atoms with van der Waals surface area (Å²) in [5, 5.41) is 29.9. The van der Waals surface area contributed by atoms with Crippen LogP contribution in [0.15, 0.2) is 30.9 Å². The molecule has 0 aliphatic rings. The van der Waals surface area contributed by atoms with Gasteiger partial charge in [0.25, 0.3) is 5.91 Å². The molecule has 1 amide bonds. The van der Waals surface area contributed by atoms with Gasteiger partial charge in [-0.05, 0) is 26.3 Å². The Kier molecular flexibility index (Phi) is 7.27.